The van der Waals surface area contributed by atoms with Crippen molar-refractivity contribution in [2.75, 3.05) is 19.6 Å². The summed E-state index contributed by atoms with van der Waals surface area (Å²) in [7, 11) is 0. The van der Waals surface area contributed by atoms with E-state index in [1.54, 1.807) is 0 Å². The van der Waals surface area contributed by atoms with Gasteiger partial charge in [-0.3, -0.25) is 4.79 Å². The quantitative estimate of drug-likeness (QED) is 0.929. The van der Waals surface area contributed by atoms with Crippen molar-refractivity contribution in [2.45, 2.75) is 31.7 Å². The van der Waals surface area contributed by atoms with Crippen LogP contribution in [0.5, 0.6) is 0 Å². The van der Waals surface area contributed by atoms with Gasteiger partial charge in [-0.1, -0.05) is 23.7 Å². The van der Waals surface area contributed by atoms with Crippen LogP contribution < -0.4 is 5.32 Å². The Morgan fingerprint density at radius 1 is 1.40 bits per heavy atom. The van der Waals surface area contributed by atoms with Crippen LogP contribution in [0.4, 0.5) is 0 Å². The van der Waals surface area contributed by atoms with Gasteiger partial charge in [0.25, 0.3) is 0 Å². The molecule has 1 aromatic rings. The molecule has 2 saturated heterocycles. The number of nitrogens with one attached hydrogen (secondary N) is 1. The van der Waals surface area contributed by atoms with Crippen LogP contribution in [0.15, 0.2) is 24.3 Å². The van der Waals surface area contributed by atoms with Gasteiger partial charge in [-0.05, 0) is 56.0 Å². The highest BCUT2D eigenvalue weighted by Crippen LogP contribution is 2.34. The second-order valence-corrected chi connectivity index (χ2v) is 6.30. The van der Waals surface area contributed by atoms with Crippen LogP contribution in [0.2, 0.25) is 5.02 Å². The molecule has 0 bridgehead atoms. The molecule has 2 fully saturated rings. The van der Waals surface area contributed by atoms with Crippen molar-refractivity contribution in [2.24, 2.45) is 5.92 Å². The third kappa shape index (κ3) is 2.99. The van der Waals surface area contributed by atoms with E-state index < -0.39 is 0 Å². The summed E-state index contributed by atoms with van der Waals surface area (Å²) in [6, 6.07) is 8.15. The zero-order chi connectivity index (χ0) is 13.9. The predicted molar refractivity (Wildman–Crippen MR) is 80.7 cm³/mol. The van der Waals surface area contributed by atoms with Gasteiger partial charge in [0.1, 0.15) is 0 Å². The molecule has 0 saturated carbocycles. The number of rotatable bonds is 3. The fraction of sp³-hybridized carbons (Fsp3) is 0.562. The van der Waals surface area contributed by atoms with Gasteiger partial charge in [0.2, 0.25) is 5.91 Å². The van der Waals surface area contributed by atoms with E-state index in [-0.39, 0.29) is 6.04 Å². The van der Waals surface area contributed by atoms with Gasteiger partial charge >= 0.3 is 0 Å². The van der Waals surface area contributed by atoms with E-state index in [2.05, 4.69) is 16.3 Å². The summed E-state index contributed by atoms with van der Waals surface area (Å²) in [5.74, 6) is 0.823. The van der Waals surface area contributed by atoms with E-state index in [0.29, 0.717) is 18.2 Å². The van der Waals surface area contributed by atoms with Crippen molar-refractivity contribution >= 4 is 17.5 Å². The summed E-state index contributed by atoms with van der Waals surface area (Å²) in [6.45, 7) is 2.92. The number of benzene rings is 1. The first-order valence-electron chi connectivity index (χ1n) is 7.49. The largest absolute Gasteiger partial charge is 0.336 e. The highest BCUT2D eigenvalue weighted by molar-refractivity contribution is 6.30. The van der Waals surface area contributed by atoms with Gasteiger partial charge in [-0.25, -0.2) is 0 Å². The van der Waals surface area contributed by atoms with Crippen LogP contribution in [0, 0.1) is 5.92 Å². The summed E-state index contributed by atoms with van der Waals surface area (Å²) >= 11 is 6.08. The van der Waals surface area contributed by atoms with E-state index in [9.17, 15) is 4.79 Å². The average molecular weight is 293 g/mol. The summed E-state index contributed by atoms with van der Waals surface area (Å²) in [5.41, 5.74) is 1.17. The lowest BCUT2D eigenvalue weighted by Gasteiger charge is -2.26. The van der Waals surface area contributed by atoms with Crippen molar-refractivity contribution in [3.05, 3.63) is 34.9 Å². The monoisotopic (exact) mass is 292 g/mol. The molecule has 108 valence electrons. The van der Waals surface area contributed by atoms with Crippen LogP contribution in [-0.4, -0.2) is 30.4 Å². The number of nitrogens with zero attached hydrogens (tertiary/aromatic N) is 1. The predicted octanol–water partition coefficient (Wildman–Crippen LogP) is 3.00. The first kappa shape index (κ1) is 13.9. The van der Waals surface area contributed by atoms with E-state index in [4.69, 9.17) is 11.6 Å². The van der Waals surface area contributed by atoms with Gasteiger partial charge in [-0.15, -0.1) is 0 Å². The molecular weight excluding hydrogens is 272 g/mol. The second-order valence-electron chi connectivity index (χ2n) is 5.86. The molecule has 2 heterocycles. The lowest BCUT2D eigenvalue weighted by Crippen LogP contribution is -2.32. The van der Waals surface area contributed by atoms with Crippen LogP contribution in [0.25, 0.3) is 0 Å². The molecular formula is C16H21ClN2O. The van der Waals surface area contributed by atoms with Crippen molar-refractivity contribution in [3.8, 4) is 0 Å². The SMILES string of the molecule is O=C(CC1CCNC1)N1CCCC1c1cccc(Cl)c1. The minimum atomic E-state index is 0.218. The van der Waals surface area contributed by atoms with Crippen LogP contribution >= 0.6 is 11.6 Å². The molecule has 0 aliphatic carbocycles. The molecule has 0 radical (unpaired) electrons. The molecule has 2 unspecified atom stereocenters. The summed E-state index contributed by atoms with van der Waals surface area (Å²) < 4.78 is 0. The lowest BCUT2D eigenvalue weighted by molar-refractivity contribution is -0.133. The zero-order valence-corrected chi connectivity index (χ0v) is 12.4. The minimum Gasteiger partial charge on any atom is -0.336 e. The molecule has 2 atom stereocenters. The van der Waals surface area contributed by atoms with Crippen LogP contribution in [0.3, 0.4) is 0 Å². The molecule has 1 aromatic carbocycles. The van der Waals surface area contributed by atoms with Gasteiger partial charge < -0.3 is 10.2 Å². The van der Waals surface area contributed by atoms with Gasteiger partial charge in [0.15, 0.2) is 0 Å². The molecule has 2 aliphatic rings. The smallest absolute Gasteiger partial charge is 0.223 e. The Balaban J connectivity index is 1.70. The number of carbonyl (C=O) groups excluding carboxylic acids is 1. The zero-order valence-electron chi connectivity index (χ0n) is 11.6. The first-order chi connectivity index (χ1) is 9.74. The first-order valence-corrected chi connectivity index (χ1v) is 7.87. The van der Waals surface area contributed by atoms with Crippen molar-refractivity contribution in [1.82, 2.24) is 10.2 Å². The van der Waals surface area contributed by atoms with E-state index >= 15 is 0 Å². The topological polar surface area (TPSA) is 32.3 Å². The molecule has 1 amide bonds. The van der Waals surface area contributed by atoms with E-state index in [1.807, 2.05) is 18.2 Å². The third-order valence-electron chi connectivity index (χ3n) is 4.43. The van der Waals surface area contributed by atoms with Crippen LogP contribution in [0.1, 0.15) is 37.3 Å². The van der Waals surface area contributed by atoms with Crippen molar-refractivity contribution in [1.29, 1.82) is 0 Å². The van der Waals surface area contributed by atoms with Crippen molar-refractivity contribution < 1.29 is 4.79 Å². The highest BCUT2D eigenvalue weighted by atomic mass is 35.5. The van der Waals surface area contributed by atoms with Gasteiger partial charge in [0.05, 0.1) is 6.04 Å². The van der Waals surface area contributed by atoms with Gasteiger partial charge in [-0.2, -0.15) is 0 Å². The third-order valence-corrected chi connectivity index (χ3v) is 4.67. The Hall–Kier alpha value is -1.06. The Morgan fingerprint density at radius 3 is 3.05 bits per heavy atom. The summed E-state index contributed by atoms with van der Waals surface area (Å²) in [5, 5.41) is 4.08. The van der Waals surface area contributed by atoms with Gasteiger partial charge in [0, 0.05) is 18.0 Å². The molecule has 3 rings (SSSR count). The lowest BCUT2D eigenvalue weighted by atomic mass is 10.0. The minimum absolute atomic E-state index is 0.218. The van der Waals surface area contributed by atoms with E-state index in [0.717, 1.165) is 43.9 Å². The molecule has 3 nitrogen and oxygen atoms in total. The Labute approximate surface area is 125 Å². The number of likely N-dealkylation sites (tertiary alicyclic amines) is 1. The molecule has 1 N–H and O–H groups in total. The molecule has 0 aromatic heterocycles. The normalized spacial score (nSPS) is 26.1. The maximum absolute atomic E-state index is 12.5. The summed E-state index contributed by atoms with van der Waals surface area (Å²) in [4.78, 5) is 14.6. The summed E-state index contributed by atoms with van der Waals surface area (Å²) in [6.07, 6.45) is 3.95. The second kappa shape index (κ2) is 6.15. The van der Waals surface area contributed by atoms with Crippen molar-refractivity contribution in [3.63, 3.8) is 0 Å². The standard InChI is InChI=1S/C16H21ClN2O/c17-14-4-1-3-13(10-14)15-5-2-8-19(15)16(20)9-12-6-7-18-11-12/h1,3-4,10,12,15,18H,2,5-9,11H2. The number of carbonyl (C=O) groups is 1. The Bertz CT molecular complexity index is 485. The molecule has 20 heavy (non-hydrogen) atoms. The number of amides is 1. The maximum Gasteiger partial charge on any atom is 0.223 e. The highest BCUT2D eigenvalue weighted by Gasteiger charge is 2.31. The molecule has 0 spiro atoms. The van der Waals surface area contributed by atoms with Crippen LogP contribution in [-0.2, 0) is 4.79 Å². The maximum atomic E-state index is 12.5. The fourth-order valence-electron chi connectivity index (χ4n) is 3.38. The Morgan fingerprint density at radius 2 is 2.30 bits per heavy atom. The fourth-order valence-corrected chi connectivity index (χ4v) is 3.58. The number of hydrogen-bond donors (Lipinski definition) is 1. The number of halogens is 1. The molecule has 2 aliphatic heterocycles. The van der Waals surface area contributed by atoms with E-state index in [1.165, 1.54) is 5.56 Å². The Kier molecular flexibility index (Phi) is 4.27. The molecule has 4 heteroatoms. The average Bonchev–Trinajstić information content (AvgIpc) is 3.09. The number of hydrogen-bond acceptors (Lipinski definition) is 2.